The van der Waals surface area contributed by atoms with Crippen molar-refractivity contribution in [3.8, 4) is 5.75 Å². The molecule has 0 aliphatic heterocycles. The van der Waals surface area contributed by atoms with Gasteiger partial charge in [0.05, 0.1) is 5.56 Å². The second-order valence-corrected chi connectivity index (χ2v) is 7.93. The van der Waals surface area contributed by atoms with Gasteiger partial charge in [-0.15, -0.1) is 0 Å². The van der Waals surface area contributed by atoms with E-state index in [0.717, 1.165) is 6.42 Å². The number of carbonyl (C=O) groups excluding carboxylic acids is 4. The number of ether oxygens (including phenoxy) is 1. The Labute approximate surface area is 190 Å². The predicted molar refractivity (Wildman–Crippen MR) is 122 cm³/mol. The largest absolute Gasteiger partial charge is 0.481 e. The van der Waals surface area contributed by atoms with E-state index in [1.165, 1.54) is 13.0 Å². The number of ketones is 4. The molecule has 0 saturated carbocycles. The molecule has 178 valence electrons. The first-order chi connectivity index (χ1) is 15.0. The van der Waals surface area contributed by atoms with Gasteiger partial charge in [0.2, 0.25) is 0 Å². The Morgan fingerprint density at radius 2 is 1.59 bits per heavy atom. The fourth-order valence-corrected chi connectivity index (χ4v) is 2.75. The molecular formula is C25H36O7. The van der Waals surface area contributed by atoms with Crippen LogP contribution in [0.15, 0.2) is 18.2 Å². The van der Waals surface area contributed by atoms with Crippen molar-refractivity contribution in [1.82, 2.24) is 0 Å². The van der Waals surface area contributed by atoms with Crippen molar-refractivity contribution in [2.24, 2.45) is 11.8 Å². The highest BCUT2D eigenvalue weighted by atomic mass is 16.5. The summed E-state index contributed by atoms with van der Waals surface area (Å²) in [6.45, 7) is 9.89. The third-order valence-electron chi connectivity index (χ3n) is 5.14. The number of carboxylic acid groups (broad SMARTS) is 1. The second kappa shape index (κ2) is 15.1. The zero-order valence-electron chi connectivity index (χ0n) is 20.0. The number of carboxylic acids is 1. The van der Waals surface area contributed by atoms with Gasteiger partial charge in [0.1, 0.15) is 17.3 Å². The number of Topliss-reactive ketones (excluding diaryl/α,β-unsaturated/α-hetero) is 4. The average molecular weight is 449 g/mol. The minimum absolute atomic E-state index is 0.0470. The highest BCUT2D eigenvalue weighted by Gasteiger charge is 2.23. The lowest BCUT2D eigenvalue weighted by molar-refractivity contribution is -0.139. The van der Waals surface area contributed by atoms with Crippen molar-refractivity contribution in [3.05, 3.63) is 29.3 Å². The number of hydrogen-bond acceptors (Lipinski definition) is 6. The zero-order valence-corrected chi connectivity index (χ0v) is 20.0. The van der Waals surface area contributed by atoms with Crippen molar-refractivity contribution in [3.63, 3.8) is 0 Å². The molecule has 1 aromatic carbocycles. The number of hydrogen-bond donors (Lipinski definition) is 1. The second-order valence-electron chi connectivity index (χ2n) is 7.93. The van der Waals surface area contributed by atoms with Crippen LogP contribution >= 0.6 is 0 Å². The van der Waals surface area contributed by atoms with E-state index in [-0.39, 0.29) is 51.8 Å². The molecule has 0 aliphatic rings. The summed E-state index contributed by atoms with van der Waals surface area (Å²) in [5, 5.41) is 8.66. The van der Waals surface area contributed by atoms with E-state index in [0.29, 0.717) is 25.7 Å². The van der Waals surface area contributed by atoms with Gasteiger partial charge in [-0.1, -0.05) is 39.8 Å². The molecule has 0 amide bonds. The van der Waals surface area contributed by atoms with E-state index in [2.05, 4.69) is 0 Å². The van der Waals surface area contributed by atoms with Crippen LogP contribution in [0.5, 0.6) is 5.75 Å². The van der Waals surface area contributed by atoms with E-state index in [1.807, 2.05) is 20.8 Å². The lowest BCUT2D eigenvalue weighted by Gasteiger charge is -2.15. The SMILES string of the molecule is CCC(C)C(=O)c1c(OCC(=O)O)cccc1C(C)=O.CCCC(=O)CCC(C)C(C)=O. The van der Waals surface area contributed by atoms with Crippen molar-refractivity contribution in [1.29, 1.82) is 0 Å². The highest BCUT2D eigenvalue weighted by molar-refractivity contribution is 6.10. The summed E-state index contributed by atoms with van der Waals surface area (Å²) in [6.07, 6.45) is 3.48. The van der Waals surface area contributed by atoms with Gasteiger partial charge in [-0.2, -0.15) is 0 Å². The maximum atomic E-state index is 12.4. The Balaban J connectivity index is 0.000000687. The Bertz CT molecular complexity index is 811. The Kier molecular flexibility index (Phi) is 13.7. The molecule has 0 aliphatic carbocycles. The van der Waals surface area contributed by atoms with Gasteiger partial charge in [0.25, 0.3) is 0 Å². The van der Waals surface area contributed by atoms with Gasteiger partial charge < -0.3 is 9.84 Å². The van der Waals surface area contributed by atoms with Gasteiger partial charge in [-0.05, 0) is 39.2 Å². The molecule has 0 spiro atoms. The number of benzene rings is 1. The number of carbonyl (C=O) groups is 5. The Morgan fingerprint density at radius 1 is 0.969 bits per heavy atom. The molecule has 2 unspecified atom stereocenters. The lowest BCUT2D eigenvalue weighted by Crippen LogP contribution is -2.18. The number of aliphatic carboxylic acids is 1. The van der Waals surface area contributed by atoms with Crippen LogP contribution in [0.3, 0.4) is 0 Å². The van der Waals surface area contributed by atoms with Crippen LogP contribution in [0.25, 0.3) is 0 Å². The molecule has 2 atom stereocenters. The lowest BCUT2D eigenvalue weighted by atomic mass is 9.91. The third kappa shape index (κ3) is 10.5. The molecular weight excluding hydrogens is 412 g/mol. The summed E-state index contributed by atoms with van der Waals surface area (Å²) in [6, 6.07) is 4.62. The average Bonchev–Trinajstić information content (AvgIpc) is 2.74. The number of rotatable bonds is 13. The molecule has 7 heteroatoms. The Morgan fingerprint density at radius 3 is 2.06 bits per heavy atom. The first-order valence-electron chi connectivity index (χ1n) is 11.0. The third-order valence-corrected chi connectivity index (χ3v) is 5.14. The normalized spacial score (nSPS) is 12.1. The van der Waals surface area contributed by atoms with E-state index < -0.39 is 12.6 Å². The van der Waals surface area contributed by atoms with E-state index >= 15 is 0 Å². The summed E-state index contributed by atoms with van der Waals surface area (Å²) in [4.78, 5) is 56.5. The van der Waals surface area contributed by atoms with E-state index in [1.54, 1.807) is 26.0 Å². The molecule has 1 N–H and O–H groups in total. The van der Waals surface area contributed by atoms with Crippen LogP contribution in [0.1, 0.15) is 94.4 Å². The summed E-state index contributed by atoms with van der Waals surface area (Å²) >= 11 is 0. The maximum absolute atomic E-state index is 12.4. The molecule has 1 aromatic rings. The van der Waals surface area contributed by atoms with Gasteiger partial charge in [-0.25, -0.2) is 4.79 Å². The fourth-order valence-electron chi connectivity index (χ4n) is 2.75. The molecule has 0 aromatic heterocycles. The smallest absolute Gasteiger partial charge is 0.341 e. The van der Waals surface area contributed by atoms with Crippen LogP contribution < -0.4 is 4.74 Å². The monoisotopic (exact) mass is 448 g/mol. The summed E-state index contributed by atoms with van der Waals surface area (Å²) in [5.74, 6) is -1.21. The van der Waals surface area contributed by atoms with Crippen LogP contribution in [-0.4, -0.2) is 40.8 Å². The van der Waals surface area contributed by atoms with Crippen molar-refractivity contribution in [2.45, 2.75) is 73.6 Å². The van der Waals surface area contributed by atoms with Crippen LogP contribution in [0, 0.1) is 11.8 Å². The van der Waals surface area contributed by atoms with E-state index in [4.69, 9.17) is 9.84 Å². The molecule has 0 saturated heterocycles. The predicted octanol–water partition coefficient (Wildman–Crippen LogP) is 4.94. The minimum Gasteiger partial charge on any atom is -0.481 e. The van der Waals surface area contributed by atoms with Gasteiger partial charge >= 0.3 is 5.97 Å². The maximum Gasteiger partial charge on any atom is 0.341 e. The summed E-state index contributed by atoms with van der Waals surface area (Å²) in [5.41, 5.74) is 0.439. The topological polar surface area (TPSA) is 115 Å². The molecule has 0 heterocycles. The van der Waals surface area contributed by atoms with Crippen LogP contribution in [0.4, 0.5) is 0 Å². The quantitative estimate of drug-likeness (QED) is 0.425. The van der Waals surface area contributed by atoms with Crippen molar-refractivity contribution < 1.29 is 33.8 Å². The summed E-state index contributed by atoms with van der Waals surface area (Å²) < 4.78 is 5.13. The fraction of sp³-hybridized carbons (Fsp3) is 0.560. The van der Waals surface area contributed by atoms with Crippen molar-refractivity contribution >= 4 is 29.1 Å². The minimum atomic E-state index is -1.14. The van der Waals surface area contributed by atoms with E-state index in [9.17, 15) is 24.0 Å². The standard InChI is InChI=1S/C15H18O5.C10H18O2/c1-4-9(2)15(19)14-11(10(3)16)6-5-7-12(14)20-8-13(17)18;1-4-5-10(12)7-6-8(2)9(3)11/h5-7,9H,4,8H2,1-3H3,(H,17,18);8H,4-7H2,1-3H3. The summed E-state index contributed by atoms with van der Waals surface area (Å²) in [7, 11) is 0. The van der Waals surface area contributed by atoms with Crippen LogP contribution in [0.2, 0.25) is 0 Å². The van der Waals surface area contributed by atoms with Crippen molar-refractivity contribution in [2.75, 3.05) is 6.61 Å². The Hall–Kier alpha value is -2.83. The molecule has 0 fully saturated rings. The van der Waals surface area contributed by atoms with Gasteiger partial charge in [0.15, 0.2) is 18.2 Å². The van der Waals surface area contributed by atoms with Crippen LogP contribution in [-0.2, 0) is 14.4 Å². The van der Waals surface area contributed by atoms with Gasteiger partial charge in [0, 0.05) is 30.2 Å². The highest BCUT2D eigenvalue weighted by Crippen LogP contribution is 2.27. The molecule has 0 radical (unpaired) electrons. The molecule has 32 heavy (non-hydrogen) atoms. The molecule has 0 bridgehead atoms. The first kappa shape index (κ1) is 29.2. The molecule has 7 nitrogen and oxygen atoms in total. The zero-order chi connectivity index (χ0) is 24.8. The first-order valence-corrected chi connectivity index (χ1v) is 11.0. The van der Waals surface area contributed by atoms with Gasteiger partial charge in [-0.3, -0.25) is 19.2 Å². The molecule has 1 rings (SSSR count).